The van der Waals surface area contributed by atoms with E-state index in [1.165, 1.54) is 6.07 Å². The largest absolute Gasteiger partial charge is 0.378 e. The molecule has 0 atom stereocenters. The minimum absolute atomic E-state index is 0.0905. The van der Waals surface area contributed by atoms with E-state index in [0.29, 0.717) is 0 Å². The SMILES string of the molecule is Fc1ccc(NCc2cn[nH]c2-c2cccs2)c(F)c1F. The maximum absolute atomic E-state index is 13.6. The summed E-state index contributed by atoms with van der Waals surface area (Å²) in [5.41, 5.74) is 1.54. The van der Waals surface area contributed by atoms with Crippen LogP contribution >= 0.6 is 11.3 Å². The molecule has 108 valence electrons. The molecule has 0 aliphatic rings. The van der Waals surface area contributed by atoms with Crippen molar-refractivity contribution in [1.82, 2.24) is 10.2 Å². The molecule has 0 bridgehead atoms. The summed E-state index contributed by atoms with van der Waals surface area (Å²) in [6.07, 6.45) is 1.61. The van der Waals surface area contributed by atoms with Crippen LogP contribution in [0.25, 0.3) is 10.6 Å². The summed E-state index contributed by atoms with van der Waals surface area (Å²) in [6.45, 7) is 0.242. The van der Waals surface area contributed by atoms with Gasteiger partial charge in [0.2, 0.25) is 0 Å². The number of hydrogen-bond acceptors (Lipinski definition) is 3. The van der Waals surface area contributed by atoms with Crippen LogP contribution in [0.1, 0.15) is 5.56 Å². The van der Waals surface area contributed by atoms with Crippen molar-refractivity contribution >= 4 is 17.0 Å². The molecule has 0 amide bonds. The fourth-order valence-electron chi connectivity index (χ4n) is 1.93. The molecule has 0 unspecified atom stereocenters. The molecule has 0 saturated carbocycles. The number of H-pyrrole nitrogens is 1. The number of aromatic nitrogens is 2. The van der Waals surface area contributed by atoms with Crippen LogP contribution in [0.5, 0.6) is 0 Å². The van der Waals surface area contributed by atoms with Crippen LogP contribution in [0.3, 0.4) is 0 Å². The van der Waals surface area contributed by atoms with E-state index in [4.69, 9.17) is 0 Å². The highest BCUT2D eigenvalue weighted by Gasteiger charge is 2.14. The number of anilines is 1. The van der Waals surface area contributed by atoms with Crippen molar-refractivity contribution < 1.29 is 13.2 Å². The molecule has 3 nitrogen and oxygen atoms in total. The molecule has 0 spiro atoms. The Morgan fingerprint density at radius 3 is 2.76 bits per heavy atom. The first-order valence-corrected chi connectivity index (χ1v) is 6.98. The van der Waals surface area contributed by atoms with Gasteiger partial charge in [0.25, 0.3) is 0 Å². The zero-order valence-electron chi connectivity index (χ0n) is 10.7. The molecule has 0 saturated heterocycles. The number of nitrogens with zero attached hydrogens (tertiary/aromatic N) is 1. The van der Waals surface area contributed by atoms with Crippen molar-refractivity contribution in [2.75, 3.05) is 5.32 Å². The van der Waals surface area contributed by atoms with Gasteiger partial charge in [0.15, 0.2) is 17.5 Å². The third-order valence-corrected chi connectivity index (χ3v) is 3.88. The van der Waals surface area contributed by atoms with E-state index in [2.05, 4.69) is 15.5 Å². The van der Waals surface area contributed by atoms with Gasteiger partial charge >= 0.3 is 0 Å². The molecular weight excluding hydrogens is 299 g/mol. The topological polar surface area (TPSA) is 40.7 Å². The highest BCUT2D eigenvalue weighted by Crippen LogP contribution is 2.27. The Hall–Kier alpha value is -2.28. The van der Waals surface area contributed by atoms with Crippen LogP contribution in [0.2, 0.25) is 0 Å². The number of benzene rings is 1. The summed E-state index contributed by atoms with van der Waals surface area (Å²) in [6, 6.07) is 5.89. The molecule has 2 heterocycles. The standard InChI is InChI=1S/C14H10F3N3S/c15-9-3-4-10(13(17)12(9)16)18-6-8-7-19-20-14(8)11-2-1-5-21-11/h1-5,7,18H,6H2,(H,19,20). The number of rotatable bonds is 4. The minimum atomic E-state index is -1.48. The molecule has 2 aromatic heterocycles. The van der Waals surface area contributed by atoms with Crippen molar-refractivity contribution in [1.29, 1.82) is 0 Å². The number of hydrogen-bond donors (Lipinski definition) is 2. The lowest BCUT2D eigenvalue weighted by Gasteiger charge is -2.08. The van der Waals surface area contributed by atoms with E-state index >= 15 is 0 Å². The Morgan fingerprint density at radius 2 is 2.00 bits per heavy atom. The van der Waals surface area contributed by atoms with Gasteiger partial charge in [-0.3, -0.25) is 5.10 Å². The molecular formula is C14H10F3N3S. The molecule has 3 aromatic rings. The Labute approximate surface area is 122 Å². The monoisotopic (exact) mass is 309 g/mol. The number of aromatic amines is 1. The predicted octanol–water partition coefficient (Wildman–Crippen LogP) is 4.17. The highest BCUT2D eigenvalue weighted by atomic mass is 32.1. The molecule has 2 N–H and O–H groups in total. The molecule has 7 heteroatoms. The van der Waals surface area contributed by atoms with Gasteiger partial charge in [-0.05, 0) is 23.6 Å². The molecule has 0 aliphatic carbocycles. The van der Waals surface area contributed by atoms with Gasteiger partial charge in [0.05, 0.1) is 22.5 Å². The molecule has 3 rings (SSSR count). The molecule has 21 heavy (non-hydrogen) atoms. The zero-order valence-corrected chi connectivity index (χ0v) is 11.5. The third-order valence-electron chi connectivity index (χ3n) is 2.99. The van der Waals surface area contributed by atoms with E-state index < -0.39 is 17.5 Å². The summed E-state index contributed by atoms with van der Waals surface area (Å²) in [4.78, 5) is 0.995. The van der Waals surface area contributed by atoms with Gasteiger partial charge in [0.1, 0.15) is 0 Å². The summed E-state index contributed by atoms with van der Waals surface area (Å²) in [7, 11) is 0. The summed E-state index contributed by atoms with van der Waals surface area (Å²) in [5, 5.41) is 11.5. The maximum Gasteiger partial charge on any atom is 0.196 e. The number of nitrogens with one attached hydrogen (secondary N) is 2. The van der Waals surface area contributed by atoms with E-state index in [1.807, 2.05) is 17.5 Å². The first-order chi connectivity index (χ1) is 10.2. The quantitative estimate of drug-likeness (QED) is 0.710. The van der Waals surface area contributed by atoms with E-state index in [9.17, 15) is 13.2 Å². The average Bonchev–Trinajstić information content (AvgIpc) is 3.14. The van der Waals surface area contributed by atoms with Crippen molar-refractivity contribution in [3.63, 3.8) is 0 Å². The lowest BCUT2D eigenvalue weighted by atomic mass is 10.2. The van der Waals surface area contributed by atoms with Gasteiger partial charge < -0.3 is 5.32 Å². The normalized spacial score (nSPS) is 10.8. The van der Waals surface area contributed by atoms with Gasteiger partial charge in [0, 0.05) is 12.1 Å². The zero-order chi connectivity index (χ0) is 14.8. The fourth-order valence-corrected chi connectivity index (χ4v) is 2.69. The van der Waals surface area contributed by atoms with Crippen LogP contribution in [-0.2, 0) is 6.54 Å². The van der Waals surface area contributed by atoms with E-state index in [1.54, 1.807) is 17.5 Å². The molecule has 1 aromatic carbocycles. The van der Waals surface area contributed by atoms with Crippen LogP contribution < -0.4 is 5.32 Å². The number of thiophene rings is 1. The average molecular weight is 309 g/mol. The summed E-state index contributed by atoms with van der Waals surface area (Å²) in [5.74, 6) is -3.91. The second-order valence-electron chi connectivity index (χ2n) is 4.32. The Morgan fingerprint density at radius 1 is 1.14 bits per heavy atom. The van der Waals surface area contributed by atoms with E-state index in [-0.39, 0.29) is 12.2 Å². The Kier molecular flexibility index (Phi) is 3.66. The van der Waals surface area contributed by atoms with Crippen LogP contribution in [0.4, 0.5) is 18.9 Å². The first-order valence-electron chi connectivity index (χ1n) is 6.10. The molecule has 0 fully saturated rings. The second kappa shape index (κ2) is 5.61. The Bertz CT molecular complexity index is 753. The van der Waals surface area contributed by atoms with Crippen molar-refractivity contribution in [2.24, 2.45) is 0 Å². The minimum Gasteiger partial charge on any atom is -0.378 e. The predicted molar refractivity (Wildman–Crippen MR) is 75.5 cm³/mol. The van der Waals surface area contributed by atoms with Gasteiger partial charge in [-0.2, -0.15) is 5.10 Å². The van der Waals surface area contributed by atoms with E-state index in [0.717, 1.165) is 22.2 Å². The summed E-state index contributed by atoms with van der Waals surface area (Å²) >= 11 is 1.54. The first kappa shape index (κ1) is 13.7. The van der Waals surface area contributed by atoms with Crippen molar-refractivity contribution in [3.8, 4) is 10.6 Å². The van der Waals surface area contributed by atoms with Crippen LogP contribution in [0, 0.1) is 17.5 Å². The molecule has 0 radical (unpaired) electrons. The third kappa shape index (κ3) is 2.64. The lowest BCUT2D eigenvalue weighted by molar-refractivity contribution is 0.449. The van der Waals surface area contributed by atoms with Gasteiger partial charge in [-0.25, -0.2) is 13.2 Å². The van der Waals surface area contributed by atoms with Gasteiger partial charge in [-0.1, -0.05) is 6.07 Å². The Balaban J connectivity index is 1.81. The van der Waals surface area contributed by atoms with Crippen LogP contribution in [-0.4, -0.2) is 10.2 Å². The smallest absolute Gasteiger partial charge is 0.196 e. The van der Waals surface area contributed by atoms with Crippen molar-refractivity contribution in [3.05, 3.63) is 58.9 Å². The van der Waals surface area contributed by atoms with Crippen LogP contribution in [0.15, 0.2) is 35.8 Å². The van der Waals surface area contributed by atoms with Crippen molar-refractivity contribution in [2.45, 2.75) is 6.54 Å². The number of halogens is 3. The maximum atomic E-state index is 13.6. The fraction of sp³-hybridized carbons (Fsp3) is 0.0714. The second-order valence-corrected chi connectivity index (χ2v) is 5.27. The summed E-state index contributed by atoms with van der Waals surface area (Å²) < 4.78 is 39.6. The lowest BCUT2D eigenvalue weighted by Crippen LogP contribution is -2.04. The molecule has 0 aliphatic heterocycles. The highest BCUT2D eigenvalue weighted by molar-refractivity contribution is 7.13. The van der Waals surface area contributed by atoms with Gasteiger partial charge in [-0.15, -0.1) is 11.3 Å².